The van der Waals surface area contributed by atoms with Crippen molar-refractivity contribution in [1.82, 2.24) is 20.2 Å². The van der Waals surface area contributed by atoms with Gasteiger partial charge in [0.25, 0.3) is 0 Å². The zero-order valence-corrected chi connectivity index (χ0v) is 13.1. The summed E-state index contributed by atoms with van der Waals surface area (Å²) >= 11 is 3.44. The molecule has 7 heteroatoms. The molecule has 3 aromatic rings. The fourth-order valence-corrected chi connectivity index (χ4v) is 2.75. The van der Waals surface area contributed by atoms with E-state index in [4.69, 9.17) is 0 Å². The predicted molar refractivity (Wildman–Crippen MR) is 86.5 cm³/mol. The summed E-state index contributed by atoms with van der Waals surface area (Å²) in [5.41, 5.74) is 1.85. The zero-order chi connectivity index (χ0) is 15.1. The molecular formula is C15H12BrN5O. The van der Waals surface area contributed by atoms with Crippen molar-refractivity contribution in [2.75, 3.05) is 5.32 Å². The first-order valence-corrected chi connectivity index (χ1v) is 7.77. The second-order valence-corrected chi connectivity index (χ2v) is 6.23. The van der Waals surface area contributed by atoms with Gasteiger partial charge in [-0.05, 0) is 31.0 Å². The minimum absolute atomic E-state index is 0.148. The van der Waals surface area contributed by atoms with Gasteiger partial charge in [-0.25, -0.2) is 9.97 Å². The summed E-state index contributed by atoms with van der Waals surface area (Å²) < 4.78 is 0.922. The van der Waals surface area contributed by atoms with E-state index in [0.717, 1.165) is 15.6 Å². The zero-order valence-electron chi connectivity index (χ0n) is 11.5. The van der Waals surface area contributed by atoms with E-state index in [1.165, 1.54) is 12.8 Å². The maximum atomic E-state index is 11.0. The molecule has 1 aromatic carbocycles. The summed E-state index contributed by atoms with van der Waals surface area (Å²) in [4.78, 5) is 19.5. The number of halogens is 1. The minimum atomic E-state index is 0.148. The lowest BCUT2D eigenvalue weighted by molar-refractivity contribution is 0.111. The number of rotatable bonds is 4. The van der Waals surface area contributed by atoms with Gasteiger partial charge in [0.1, 0.15) is 5.82 Å². The van der Waals surface area contributed by atoms with Gasteiger partial charge in [-0.2, -0.15) is 5.10 Å². The number of carbonyl (C=O) groups excluding carboxylic acids is 1. The third kappa shape index (κ3) is 2.48. The largest absolute Gasteiger partial charge is 0.323 e. The lowest BCUT2D eigenvalue weighted by Gasteiger charge is -2.07. The van der Waals surface area contributed by atoms with Crippen molar-refractivity contribution < 1.29 is 4.79 Å². The van der Waals surface area contributed by atoms with Crippen LogP contribution in [-0.2, 0) is 0 Å². The molecule has 0 atom stereocenters. The van der Waals surface area contributed by atoms with Crippen LogP contribution < -0.4 is 5.32 Å². The average molecular weight is 358 g/mol. The van der Waals surface area contributed by atoms with Crippen molar-refractivity contribution >= 4 is 44.8 Å². The van der Waals surface area contributed by atoms with Crippen LogP contribution in [-0.4, -0.2) is 26.5 Å². The van der Waals surface area contributed by atoms with Gasteiger partial charge in [0.15, 0.2) is 17.9 Å². The third-order valence-corrected chi connectivity index (χ3v) is 4.14. The van der Waals surface area contributed by atoms with Crippen molar-refractivity contribution in [2.45, 2.75) is 18.8 Å². The van der Waals surface area contributed by atoms with Crippen molar-refractivity contribution in [3.8, 4) is 0 Å². The molecule has 0 amide bonds. The first-order chi connectivity index (χ1) is 10.7. The van der Waals surface area contributed by atoms with Crippen molar-refractivity contribution in [2.24, 2.45) is 0 Å². The van der Waals surface area contributed by atoms with Gasteiger partial charge in [0.05, 0.1) is 5.52 Å². The standard InChI is InChI=1S/C15H12BrN5O/c16-9-3-4-11-10(5-9)15(19-14(7-22)17-11)18-13-6-12(20-21-13)8-1-2-8/h3-8H,1-2H2,(H2,17,18,19,20,21). The van der Waals surface area contributed by atoms with E-state index in [-0.39, 0.29) is 5.82 Å². The Morgan fingerprint density at radius 3 is 2.91 bits per heavy atom. The number of H-pyrrole nitrogens is 1. The highest BCUT2D eigenvalue weighted by atomic mass is 79.9. The van der Waals surface area contributed by atoms with Gasteiger partial charge < -0.3 is 5.32 Å². The molecule has 1 saturated carbocycles. The first kappa shape index (κ1) is 13.4. The molecule has 2 N–H and O–H groups in total. The number of fused-ring (bicyclic) bond motifs is 1. The van der Waals surface area contributed by atoms with Crippen LogP contribution in [0.2, 0.25) is 0 Å². The maximum Gasteiger partial charge on any atom is 0.195 e. The Morgan fingerprint density at radius 1 is 1.27 bits per heavy atom. The number of aldehydes is 1. The minimum Gasteiger partial charge on any atom is -0.323 e. The molecule has 0 saturated heterocycles. The Labute approximate surface area is 134 Å². The molecule has 6 nitrogen and oxygen atoms in total. The molecule has 1 aliphatic carbocycles. The van der Waals surface area contributed by atoms with E-state index in [1.807, 2.05) is 24.3 Å². The number of carbonyl (C=O) groups is 1. The SMILES string of the molecule is O=Cc1nc(Nc2cc(C3CC3)[nH]n2)c2cc(Br)ccc2n1. The summed E-state index contributed by atoms with van der Waals surface area (Å²) in [5.74, 6) is 2.01. The van der Waals surface area contributed by atoms with Crippen molar-refractivity contribution in [3.63, 3.8) is 0 Å². The molecule has 2 heterocycles. The number of aromatic amines is 1. The number of nitrogens with zero attached hydrogens (tertiary/aromatic N) is 3. The molecule has 1 aliphatic rings. The molecule has 0 aliphatic heterocycles. The normalized spacial score (nSPS) is 14.2. The van der Waals surface area contributed by atoms with Gasteiger partial charge in [0.2, 0.25) is 0 Å². The number of anilines is 2. The summed E-state index contributed by atoms with van der Waals surface area (Å²) in [6.07, 6.45) is 3.06. The van der Waals surface area contributed by atoms with E-state index in [1.54, 1.807) is 0 Å². The third-order valence-electron chi connectivity index (χ3n) is 3.64. The average Bonchev–Trinajstić information content (AvgIpc) is 3.27. The number of hydrogen-bond donors (Lipinski definition) is 2. The highest BCUT2D eigenvalue weighted by molar-refractivity contribution is 9.10. The van der Waals surface area contributed by atoms with Crippen LogP contribution >= 0.6 is 15.9 Å². The Kier molecular flexibility index (Phi) is 3.15. The molecule has 0 radical (unpaired) electrons. The smallest absolute Gasteiger partial charge is 0.195 e. The molecule has 0 spiro atoms. The lowest BCUT2D eigenvalue weighted by atomic mass is 10.2. The molecule has 1 fully saturated rings. The molecule has 0 bridgehead atoms. The number of benzene rings is 1. The van der Waals surface area contributed by atoms with E-state index in [2.05, 4.69) is 41.4 Å². The Bertz CT molecular complexity index is 871. The topological polar surface area (TPSA) is 83.6 Å². The van der Waals surface area contributed by atoms with Crippen LogP contribution in [0.3, 0.4) is 0 Å². The van der Waals surface area contributed by atoms with Crippen molar-refractivity contribution in [3.05, 3.63) is 40.3 Å². The summed E-state index contributed by atoms with van der Waals surface area (Å²) in [7, 11) is 0. The maximum absolute atomic E-state index is 11.0. The number of aromatic nitrogens is 4. The van der Waals surface area contributed by atoms with Crippen LogP contribution in [0.15, 0.2) is 28.7 Å². The van der Waals surface area contributed by atoms with Crippen molar-refractivity contribution in [1.29, 1.82) is 0 Å². The van der Waals surface area contributed by atoms with Gasteiger partial charge in [0, 0.05) is 27.5 Å². The van der Waals surface area contributed by atoms with E-state index < -0.39 is 0 Å². The Hall–Kier alpha value is -2.28. The monoisotopic (exact) mass is 357 g/mol. The Balaban J connectivity index is 1.77. The summed E-state index contributed by atoms with van der Waals surface area (Å²) in [6, 6.07) is 7.64. The number of hydrogen-bond acceptors (Lipinski definition) is 5. The first-order valence-electron chi connectivity index (χ1n) is 6.98. The van der Waals surface area contributed by atoms with Crippen LogP contribution in [0, 0.1) is 0 Å². The second kappa shape index (κ2) is 5.17. The molecular weight excluding hydrogens is 346 g/mol. The fourth-order valence-electron chi connectivity index (χ4n) is 2.39. The molecule has 2 aromatic heterocycles. The highest BCUT2D eigenvalue weighted by Gasteiger charge is 2.25. The quantitative estimate of drug-likeness (QED) is 0.697. The number of nitrogens with one attached hydrogen (secondary N) is 2. The van der Waals surface area contributed by atoms with E-state index in [9.17, 15) is 4.79 Å². The Morgan fingerprint density at radius 2 is 2.14 bits per heavy atom. The molecule has 110 valence electrons. The lowest BCUT2D eigenvalue weighted by Crippen LogP contribution is -2.01. The van der Waals surface area contributed by atoms with Crippen LogP contribution in [0.4, 0.5) is 11.6 Å². The van der Waals surface area contributed by atoms with Gasteiger partial charge in [-0.3, -0.25) is 9.89 Å². The van der Waals surface area contributed by atoms with Gasteiger partial charge in [-0.15, -0.1) is 0 Å². The molecule has 0 unspecified atom stereocenters. The highest BCUT2D eigenvalue weighted by Crippen LogP contribution is 2.39. The summed E-state index contributed by atoms with van der Waals surface area (Å²) in [5, 5.41) is 11.3. The van der Waals surface area contributed by atoms with Crippen LogP contribution in [0.25, 0.3) is 10.9 Å². The molecule has 4 rings (SSSR count). The molecule has 22 heavy (non-hydrogen) atoms. The fraction of sp³-hybridized carbons (Fsp3) is 0.200. The van der Waals surface area contributed by atoms with Crippen LogP contribution in [0.1, 0.15) is 35.1 Å². The van der Waals surface area contributed by atoms with Gasteiger partial charge >= 0.3 is 0 Å². The van der Waals surface area contributed by atoms with Crippen LogP contribution in [0.5, 0.6) is 0 Å². The van der Waals surface area contributed by atoms with Gasteiger partial charge in [-0.1, -0.05) is 15.9 Å². The summed E-state index contributed by atoms with van der Waals surface area (Å²) in [6.45, 7) is 0. The predicted octanol–water partition coefficient (Wildman–Crippen LogP) is 3.55. The second-order valence-electron chi connectivity index (χ2n) is 5.32. The van der Waals surface area contributed by atoms with E-state index in [0.29, 0.717) is 29.4 Å². The van der Waals surface area contributed by atoms with E-state index >= 15 is 0 Å².